The third kappa shape index (κ3) is 3.86. The summed E-state index contributed by atoms with van der Waals surface area (Å²) in [6, 6.07) is 12.9. The van der Waals surface area contributed by atoms with Crippen LogP contribution in [0.1, 0.15) is 18.3 Å². The van der Waals surface area contributed by atoms with E-state index in [9.17, 15) is 18.0 Å². The molecular formula is C21H15F3N4O2. The fraction of sp³-hybridized carbons (Fsp3) is 0.143. The maximum absolute atomic E-state index is 13.7. The average molecular weight is 412 g/mol. The van der Waals surface area contributed by atoms with Gasteiger partial charge in [-0.2, -0.15) is 18.3 Å². The van der Waals surface area contributed by atoms with E-state index in [0.29, 0.717) is 22.4 Å². The van der Waals surface area contributed by atoms with Gasteiger partial charge in [0.05, 0.1) is 17.6 Å². The number of alkyl halides is 3. The molecule has 3 aromatic heterocycles. The van der Waals surface area contributed by atoms with E-state index < -0.39 is 17.8 Å². The Kier molecular flexibility index (Phi) is 4.94. The quantitative estimate of drug-likeness (QED) is 0.461. The van der Waals surface area contributed by atoms with Gasteiger partial charge in [-0.25, -0.2) is 9.50 Å². The molecule has 3 heterocycles. The van der Waals surface area contributed by atoms with E-state index in [0.717, 1.165) is 10.6 Å². The molecule has 0 unspecified atom stereocenters. The molecule has 4 aromatic rings. The van der Waals surface area contributed by atoms with Gasteiger partial charge in [-0.05, 0) is 23.8 Å². The number of ether oxygens (including phenoxy) is 1. The number of pyridine rings is 1. The van der Waals surface area contributed by atoms with Crippen LogP contribution in [0.4, 0.5) is 13.2 Å². The number of benzene rings is 1. The highest BCUT2D eigenvalue weighted by Gasteiger charge is 2.35. The van der Waals surface area contributed by atoms with Gasteiger partial charge in [-0.15, -0.1) is 0 Å². The van der Waals surface area contributed by atoms with Gasteiger partial charge in [0.1, 0.15) is 6.61 Å². The van der Waals surface area contributed by atoms with Gasteiger partial charge in [0, 0.05) is 24.2 Å². The fourth-order valence-corrected chi connectivity index (χ4v) is 3.03. The van der Waals surface area contributed by atoms with E-state index in [1.54, 1.807) is 42.5 Å². The molecule has 0 amide bonds. The van der Waals surface area contributed by atoms with Crippen molar-refractivity contribution in [3.63, 3.8) is 0 Å². The van der Waals surface area contributed by atoms with Crippen molar-refractivity contribution in [3.8, 4) is 22.4 Å². The molecule has 6 nitrogen and oxygen atoms in total. The summed E-state index contributed by atoms with van der Waals surface area (Å²) in [5.41, 5.74) is 1.31. The maximum Gasteiger partial charge on any atom is 0.433 e. The molecular weight excluding hydrogens is 397 g/mol. The molecule has 0 aliphatic heterocycles. The number of nitrogens with zero attached hydrogens (tertiary/aromatic N) is 4. The van der Waals surface area contributed by atoms with Gasteiger partial charge in [0.25, 0.3) is 0 Å². The van der Waals surface area contributed by atoms with Crippen LogP contribution in [0.3, 0.4) is 0 Å². The second-order valence-corrected chi connectivity index (χ2v) is 6.50. The van der Waals surface area contributed by atoms with Crippen molar-refractivity contribution < 1.29 is 22.7 Å². The Morgan fingerprint density at radius 3 is 2.57 bits per heavy atom. The smallest absolute Gasteiger partial charge is 0.433 e. The summed E-state index contributed by atoms with van der Waals surface area (Å²) in [6.45, 7) is 1.24. The summed E-state index contributed by atoms with van der Waals surface area (Å²) in [5.74, 6) is -0.456. The van der Waals surface area contributed by atoms with Crippen LogP contribution in [0.15, 0.2) is 60.9 Å². The van der Waals surface area contributed by atoms with Crippen molar-refractivity contribution in [2.24, 2.45) is 0 Å². The van der Waals surface area contributed by atoms with Crippen LogP contribution in [-0.2, 0) is 22.3 Å². The molecule has 30 heavy (non-hydrogen) atoms. The Balaban J connectivity index is 1.88. The standard InChI is InChI=1S/C21H15F3N4O2/c1-13(29)30-12-16-9-15(7-8-25-16)17-11-26-28-19(21(22,23)24)10-18(27-20(17)28)14-5-3-2-4-6-14/h2-11H,12H2,1H3. The lowest BCUT2D eigenvalue weighted by molar-refractivity contribution is -0.143. The predicted octanol–water partition coefficient (Wildman–Crippen LogP) is 4.54. The number of aromatic nitrogens is 4. The van der Waals surface area contributed by atoms with Crippen LogP contribution < -0.4 is 0 Å². The number of fused-ring (bicyclic) bond motifs is 1. The van der Waals surface area contributed by atoms with Crippen molar-refractivity contribution >= 4 is 11.6 Å². The number of rotatable bonds is 4. The minimum Gasteiger partial charge on any atom is -0.459 e. The Morgan fingerprint density at radius 2 is 1.87 bits per heavy atom. The lowest BCUT2D eigenvalue weighted by atomic mass is 10.1. The van der Waals surface area contributed by atoms with E-state index in [1.807, 2.05) is 0 Å². The number of hydrogen-bond donors (Lipinski definition) is 0. The third-order valence-corrected chi connectivity index (χ3v) is 4.38. The van der Waals surface area contributed by atoms with Gasteiger partial charge >= 0.3 is 12.1 Å². The minimum atomic E-state index is -4.62. The SMILES string of the molecule is CC(=O)OCc1cc(-c2cnn3c(C(F)(F)F)cc(-c4ccccc4)nc23)ccn1. The van der Waals surface area contributed by atoms with Crippen molar-refractivity contribution in [2.45, 2.75) is 19.7 Å². The number of carbonyl (C=O) groups is 1. The minimum absolute atomic E-state index is 0.0428. The van der Waals surface area contributed by atoms with Crippen LogP contribution in [0.25, 0.3) is 28.0 Å². The first kappa shape index (κ1) is 19.6. The summed E-state index contributed by atoms with van der Waals surface area (Å²) < 4.78 is 46.9. The maximum atomic E-state index is 13.7. The molecule has 0 radical (unpaired) electrons. The molecule has 0 saturated carbocycles. The van der Waals surface area contributed by atoms with Crippen LogP contribution in [0.5, 0.6) is 0 Å². The molecule has 0 spiro atoms. The molecule has 0 N–H and O–H groups in total. The summed E-state index contributed by atoms with van der Waals surface area (Å²) in [7, 11) is 0. The van der Waals surface area contributed by atoms with E-state index in [-0.39, 0.29) is 17.9 Å². The third-order valence-electron chi connectivity index (χ3n) is 4.38. The molecule has 9 heteroatoms. The van der Waals surface area contributed by atoms with E-state index in [1.165, 1.54) is 19.3 Å². The second-order valence-electron chi connectivity index (χ2n) is 6.50. The first-order chi connectivity index (χ1) is 14.3. The highest BCUT2D eigenvalue weighted by molar-refractivity contribution is 5.79. The van der Waals surface area contributed by atoms with E-state index in [4.69, 9.17) is 4.74 Å². The molecule has 0 atom stereocenters. The van der Waals surface area contributed by atoms with Gasteiger partial charge in [-0.1, -0.05) is 30.3 Å². The normalized spacial score (nSPS) is 11.6. The Labute approximate surface area is 169 Å². The summed E-state index contributed by atoms with van der Waals surface area (Å²) in [4.78, 5) is 19.6. The zero-order valence-electron chi connectivity index (χ0n) is 15.7. The summed E-state index contributed by atoms with van der Waals surface area (Å²) in [5, 5.41) is 3.93. The zero-order valence-corrected chi connectivity index (χ0v) is 15.7. The largest absolute Gasteiger partial charge is 0.459 e. The van der Waals surface area contributed by atoms with Gasteiger partial charge in [0.2, 0.25) is 0 Å². The van der Waals surface area contributed by atoms with Crippen LogP contribution in [0.2, 0.25) is 0 Å². The second kappa shape index (κ2) is 7.58. The van der Waals surface area contributed by atoms with Crippen molar-refractivity contribution in [2.75, 3.05) is 0 Å². The highest BCUT2D eigenvalue weighted by atomic mass is 19.4. The van der Waals surface area contributed by atoms with Crippen LogP contribution >= 0.6 is 0 Å². The Hall–Kier alpha value is -3.75. The molecule has 152 valence electrons. The van der Waals surface area contributed by atoms with Gasteiger partial charge in [-0.3, -0.25) is 9.78 Å². The first-order valence-corrected chi connectivity index (χ1v) is 8.93. The topological polar surface area (TPSA) is 69.4 Å². The van der Waals surface area contributed by atoms with E-state index >= 15 is 0 Å². The van der Waals surface area contributed by atoms with Crippen molar-refractivity contribution in [3.05, 3.63) is 72.3 Å². The Morgan fingerprint density at radius 1 is 1.10 bits per heavy atom. The van der Waals surface area contributed by atoms with Crippen LogP contribution in [0, 0.1) is 0 Å². The van der Waals surface area contributed by atoms with Crippen molar-refractivity contribution in [1.29, 1.82) is 0 Å². The predicted molar refractivity (Wildman–Crippen MR) is 102 cm³/mol. The molecule has 0 bridgehead atoms. The van der Waals surface area contributed by atoms with E-state index in [2.05, 4.69) is 15.1 Å². The molecule has 4 rings (SSSR count). The Bertz CT molecular complexity index is 1220. The molecule has 1 aromatic carbocycles. The summed E-state index contributed by atoms with van der Waals surface area (Å²) >= 11 is 0. The molecule has 0 saturated heterocycles. The first-order valence-electron chi connectivity index (χ1n) is 8.93. The zero-order chi connectivity index (χ0) is 21.3. The van der Waals surface area contributed by atoms with Gasteiger partial charge < -0.3 is 4.74 Å². The molecule has 0 fully saturated rings. The lowest BCUT2D eigenvalue weighted by Crippen LogP contribution is -2.13. The number of carbonyl (C=O) groups excluding carboxylic acids is 1. The summed E-state index contributed by atoms with van der Waals surface area (Å²) in [6.07, 6.45) is -1.80. The molecule has 0 aliphatic carbocycles. The number of halogens is 3. The average Bonchev–Trinajstić information content (AvgIpc) is 3.15. The highest BCUT2D eigenvalue weighted by Crippen LogP contribution is 2.34. The lowest BCUT2D eigenvalue weighted by Gasteiger charge is -2.12. The van der Waals surface area contributed by atoms with Crippen LogP contribution in [-0.4, -0.2) is 25.6 Å². The van der Waals surface area contributed by atoms with Gasteiger partial charge in [0.15, 0.2) is 11.3 Å². The number of hydrogen-bond acceptors (Lipinski definition) is 5. The number of esters is 1. The fourth-order valence-electron chi connectivity index (χ4n) is 3.03. The van der Waals surface area contributed by atoms with Crippen molar-refractivity contribution in [1.82, 2.24) is 19.6 Å². The molecule has 0 aliphatic rings. The monoisotopic (exact) mass is 412 g/mol.